The highest BCUT2D eigenvalue weighted by Crippen LogP contribution is 2.05. The van der Waals surface area contributed by atoms with Crippen molar-refractivity contribution in [2.24, 2.45) is 5.92 Å². The Balaban J connectivity index is 2.51. The monoisotopic (exact) mass is 292 g/mol. The first kappa shape index (κ1) is 17.0. The molecule has 2 N–H and O–H groups in total. The van der Waals surface area contributed by atoms with E-state index >= 15 is 0 Å². The number of nitrogens with zero attached hydrogens (tertiary/aromatic N) is 1. The minimum atomic E-state index is -0.890. The standard InChI is InChI=1S/C16H24N2O3/c1-4-18(11-12(2)15(19)20)16(21)17-13(3)10-14-8-6-5-7-9-14/h5-9,12-13H,4,10-11H2,1-3H3,(H,17,21)(H,19,20). The predicted octanol–water partition coefficient (Wildman–Crippen LogP) is 2.37. The smallest absolute Gasteiger partial charge is 0.317 e. The number of carbonyl (C=O) groups excluding carboxylic acids is 1. The molecule has 2 amide bonds. The maximum absolute atomic E-state index is 12.2. The maximum atomic E-state index is 12.2. The topological polar surface area (TPSA) is 69.6 Å². The van der Waals surface area contributed by atoms with E-state index in [1.54, 1.807) is 6.92 Å². The third-order valence-corrected chi connectivity index (χ3v) is 3.34. The fraction of sp³-hybridized carbons (Fsp3) is 0.500. The SMILES string of the molecule is CCN(CC(C)C(=O)O)C(=O)NC(C)Cc1ccccc1. The van der Waals surface area contributed by atoms with Crippen molar-refractivity contribution in [3.8, 4) is 0 Å². The molecule has 0 aliphatic rings. The third-order valence-electron chi connectivity index (χ3n) is 3.34. The van der Waals surface area contributed by atoms with E-state index in [4.69, 9.17) is 5.11 Å². The Morgan fingerprint density at radius 2 is 1.86 bits per heavy atom. The van der Waals surface area contributed by atoms with Crippen molar-refractivity contribution in [3.05, 3.63) is 35.9 Å². The normalized spacial score (nSPS) is 13.3. The summed E-state index contributed by atoms with van der Waals surface area (Å²) in [6, 6.07) is 9.72. The van der Waals surface area contributed by atoms with Gasteiger partial charge in [-0.15, -0.1) is 0 Å². The molecule has 2 unspecified atom stereocenters. The van der Waals surface area contributed by atoms with Crippen molar-refractivity contribution >= 4 is 12.0 Å². The van der Waals surface area contributed by atoms with Crippen LogP contribution in [0.25, 0.3) is 0 Å². The van der Waals surface area contributed by atoms with Crippen molar-refractivity contribution in [3.63, 3.8) is 0 Å². The van der Waals surface area contributed by atoms with Crippen LogP contribution in [0.15, 0.2) is 30.3 Å². The Bertz CT molecular complexity index is 462. The van der Waals surface area contributed by atoms with Gasteiger partial charge in [0.2, 0.25) is 0 Å². The summed E-state index contributed by atoms with van der Waals surface area (Å²) < 4.78 is 0. The van der Waals surface area contributed by atoms with Crippen molar-refractivity contribution in [1.82, 2.24) is 10.2 Å². The molecule has 0 aliphatic carbocycles. The van der Waals surface area contributed by atoms with Crippen LogP contribution in [0.4, 0.5) is 4.79 Å². The molecule has 0 aliphatic heterocycles. The average Bonchev–Trinajstić information content (AvgIpc) is 2.44. The molecule has 21 heavy (non-hydrogen) atoms. The van der Waals surface area contributed by atoms with E-state index in [0.717, 1.165) is 12.0 Å². The summed E-state index contributed by atoms with van der Waals surface area (Å²) in [7, 11) is 0. The Morgan fingerprint density at radius 3 is 2.38 bits per heavy atom. The summed E-state index contributed by atoms with van der Waals surface area (Å²) in [4.78, 5) is 24.6. The van der Waals surface area contributed by atoms with Gasteiger partial charge in [-0.1, -0.05) is 37.3 Å². The molecule has 5 nitrogen and oxygen atoms in total. The summed E-state index contributed by atoms with van der Waals surface area (Å²) in [5.41, 5.74) is 1.16. The Labute approximate surface area is 126 Å². The second kappa shape index (κ2) is 8.29. The molecule has 0 spiro atoms. The number of urea groups is 1. The van der Waals surface area contributed by atoms with Gasteiger partial charge in [0.25, 0.3) is 0 Å². The van der Waals surface area contributed by atoms with Crippen LogP contribution in [0.1, 0.15) is 26.3 Å². The molecule has 0 heterocycles. The van der Waals surface area contributed by atoms with E-state index in [0.29, 0.717) is 6.54 Å². The van der Waals surface area contributed by atoms with Gasteiger partial charge in [-0.3, -0.25) is 4.79 Å². The lowest BCUT2D eigenvalue weighted by molar-refractivity contribution is -0.141. The number of aliphatic carboxylic acids is 1. The maximum Gasteiger partial charge on any atom is 0.317 e. The summed E-state index contributed by atoms with van der Waals surface area (Å²) in [6.45, 7) is 6.10. The highest BCUT2D eigenvalue weighted by molar-refractivity contribution is 5.76. The van der Waals surface area contributed by atoms with E-state index in [2.05, 4.69) is 5.32 Å². The number of hydrogen-bond donors (Lipinski definition) is 2. The number of nitrogens with one attached hydrogen (secondary N) is 1. The molecule has 0 bridgehead atoms. The molecule has 0 fully saturated rings. The minimum Gasteiger partial charge on any atom is -0.481 e. The average molecular weight is 292 g/mol. The zero-order valence-corrected chi connectivity index (χ0v) is 12.9. The molecule has 1 aromatic rings. The lowest BCUT2D eigenvalue weighted by atomic mass is 10.1. The van der Waals surface area contributed by atoms with Crippen LogP contribution in [0, 0.1) is 5.92 Å². The summed E-state index contributed by atoms with van der Waals surface area (Å²) >= 11 is 0. The lowest BCUT2D eigenvalue weighted by Crippen LogP contribution is -2.46. The zero-order chi connectivity index (χ0) is 15.8. The number of carbonyl (C=O) groups is 2. The summed E-state index contributed by atoms with van der Waals surface area (Å²) in [6.07, 6.45) is 0.749. The molecule has 0 aromatic heterocycles. The molecule has 116 valence electrons. The van der Waals surface area contributed by atoms with E-state index in [1.165, 1.54) is 4.90 Å². The van der Waals surface area contributed by atoms with Gasteiger partial charge in [-0.25, -0.2) is 4.79 Å². The van der Waals surface area contributed by atoms with Gasteiger partial charge in [0.05, 0.1) is 5.92 Å². The number of benzene rings is 1. The van der Waals surface area contributed by atoms with Gasteiger partial charge in [0, 0.05) is 19.1 Å². The Morgan fingerprint density at radius 1 is 1.24 bits per heavy atom. The first-order valence-electron chi connectivity index (χ1n) is 7.26. The number of carboxylic acids is 1. The van der Waals surface area contributed by atoms with Crippen molar-refractivity contribution < 1.29 is 14.7 Å². The molecular formula is C16H24N2O3. The van der Waals surface area contributed by atoms with Gasteiger partial charge < -0.3 is 15.3 Å². The van der Waals surface area contributed by atoms with Crippen LogP contribution in [0.5, 0.6) is 0 Å². The predicted molar refractivity (Wildman–Crippen MR) is 82.2 cm³/mol. The van der Waals surface area contributed by atoms with Crippen LogP contribution >= 0.6 is 0 Å². The van der Waals surface area contributed by atoms with E-state index < -0.39 is 11.9 Å². The molecule has 0 saturated heterocycles. The van der Waals surface area contributed by atoms with E-state index in [9.17, 15) is 9.59 Å². The van der Waals surface area contributed by atoms with Crippen LogP contribution in [-0.2, 0) is 11.2 Å². The summed E-state index contributed by atoms with van der Waals surface area (Å²) in [5, 5.41) is 11.8. The zero-order valence-electron chi connectivity index (χ0n) is 12.9. The molecule has 1 rings (SSSR count). The number of amides is 2. The van der Waals surface area contributed by atoms with Crippen molar-refractivity contribution in [2.75, 3.05) is 13.1 Å². The number of rotatable bonds is 7. The van der Waals surface area contributed by atoms with Gasteiger partial charge in [0.1, 0.15) is 0 Å². The second-order valence-electron chi connectivity index (χ2n) is 5.32. The molecule has 0 radical (unpaired) electrons. The first-order valence-corrected chi connectivity index (χ1v) is 7.26. The van der Waals surface area contributed by atoms with Gasteiger partial charge in [0.15, 0.2) is 0 Å². The summed E-state index contributed by atoms with van der Waals surface area (Å²) in [5.74, 6) is -1.46. The van der Waals surface area contributed by atoms with Crippen LogP contribution < -0.4 is 5.32 Å². The lowest BCUT2D eigenvalue weighted by Gasteiger charge is -2.25. The third kappa shape index (κ3) is 5.85. The van der Waals surface area contributed by atoms with E-state index in [-0.39, 0.29) is 18.6 Å². The second-order valence-corrected chi connectivity index (χ2v) is 5.32. The fourth-order valence-electron chi connectivity index (χ4n) is 2.09. The molecular weight excluding hydrogens is 268 g/mol. The first-order chi connectivity index (χ1) is 9.93. The van der Waals surface area contributed by atoms with Crippen LogP contribution in [0.3, 0.4) is 0 Å². The van der Waals surface area contributed by atoms with Gasteiger partial charge in [-0.05, 0) is 25.8 Å². The Kier molecular flexibility index (Phi) is 6.72. The van der Waals surface area contributed by atoms with Gasteiger partial charge in [-0.2, -0.15) is 0 Å². The number of hydrogen-bond acceptors (Lipinski definition) is 2. The molecule has 1 aromatic carbocycles. The quantitative estimate of drug-likeness (QED) is 0.810. The molecule has 0 saturated carbocycles. The Hall–Kier alpha value is -2.04. The largest absolute Gasteiger partial charge is 0.481 e. The fourth-order valence-corrected chi connectivity index (χ4v) is 2.09. The van der Waals surface area contributed by atoms with Gasteiger partial charge >= 0.3 is 12.0 Å². The minimum absolute atomic E-state index is 0.00548. The van der Waals surface area contributed by atoms with E-state index in [1.807, 2.05) is 44.2 Å². The van der Waals surface area contributed by atoms with Crippen LogP contribution in [-0.4, -0.2) is 41.1 Å². The molecule has 5 heteroatoms. The molecule has 2 atom stereocenters. The highest BCUT2D eigenvalue weighted by Gasteiger charge is 2.20. The van der Waals surface area contributed by atoms with Crippen LogP contribution in [0.2, 0.25) is 0 Å². The number of carboxylic acid groups (broad SMARTS) is 1. The van der Waals surface area contributed by atoms with Crippen molar-refractivity contribution in [2.45, 2.75) is 33.2 Å². The highest BCUT2D eigenvalue weighted by atomic mass is 16.4. The van der Waals surface area contributed by atoms with Crippen molar-refractivity contribution in [1.29, 1.82) is 0 Å².